The molecule has 2 saturated heterocycles. The number of piperidine rings is 1. The summed E-state index contributed by atoms with van der Waals surface area (Å²) in [7, 11) is -4.03. The molecule has 2 aromatic carbocycles. The van der Waals surface area contributed by atoms with E-state index in [-0.39, 0.29) is 52.3 Å². The molecule has 1 aromatic heterocycles. The minimum Gasteiger partial charge on any atom is -0.453 e. The van der Waals surface area contributed by atoms with Gasteiger partial charge in [0, 0.05) is 0 Å². The fraction of sp³-hybridized carbons (Fsp3) is 0.423. The summed E-state index contributed by atoms with van der Waals surface area (Å²) in [6.45, 7) is 2.16. The van der Waals surface area contributed by atoms with Crippen LogP contribution in [0.25, 0.3) is 10.9 Å². The molecule has 6 rings (SSSR count). The largest absolute Gasteiger partial charge is 0.453 e. The van der Waals surface area contributed by atoms with Gasteiger partial charge >= 0.3 is 0 Å². The third-order valence-corrected chi connectivity index (χ3v) is 9.75. The second-order valence-corrected chi connectivity index (χ2v) is 12.2. The van der Waals surface area contributed by atoms with Crippen molar-refractivity contribution >= 4 is 20.9 Å². The first kappa shape index (κ1) is 24.9. The summed E-state index contributed by atoms with van der Waals surface area (Å²) < 4.78 is 51.5. The van der Waals surface area contributed by atoms with Gasteiger partial charge in [-0.3, -0.25) is 9.36 Å². The molecule has 0 unspecified atom stereocenters. The number of benzene rings is 2. The fourth-order valence-corrected chi connectivity index (χ4v) is 6.90. The number of nitriles is 1. The molecule has 0 amide bonds. The van der Waals surface area contributed by atoms with Gasteiger partial charge in [0.25, 0.3) is 5.56 Å². The molecular weight excluding hydrogens is 513 g/mol. The van der Waals surface area contributed by atoms with E-state index in [4.69, 9.17) is 14.6 Å². The van der Waals surface area contributed by atoms with Crippen LogP contribution < -0.4 is 20.8 Å². The molecule has 2 aliphatic heterocycles. The van der Waals surface area contributed by atoms with Crippen molar-refractivity contribution < 1.29 is 22.3 Å². The van der Waals surface area contributed by atoms with Crippen molar-refractivity contribution in [3.05, 3.63) is 64.0 Å². The van der Waals surface area contributed by atoms with E-state index in [0.29, 0.717) is 18.5 Å². The van der Waals surface area contributed by atoms with Crippen LogP contribution >= 0.6 is 0 Å². The highest BCUT2D eigenvalue weighted by Crippen LogP contribution is 2.54. The first-order chi connectivity index (χ1) is 18.2. The number of hydrogen-bond acceptors (Lipinski definition) is 8. The van der Waals surface area contributed by atoms with Crippen LogP contribution in [0.2, 0.25) is 0 Å². The first-order valence-electron chi connectivity index (χ1n) is 12.5. The predicted octanol–water partition coefficient (Wildman–Crippen LogP) is 2.56. The van der Waals surface area contributed by atoms with E-state index < -0.39 is 26.3 Å². The Morgan fingerprint density at radius 1 is 1.21 bits per heavy atom. The van der Waals surface area contributed by atoms with E-state index in [1.807, 2.05) is 6.07 Å². The Labute approximate surface area is 218 Å². The number of primary sulfonamides is 1. The fourth-order valence-electron chi connectivity index (χ4n) is 5.75. The summed E-state index contributed by atoms with van der Waals surface area (Å²) in [6.07, 6.45) is 4.47. The standard InChI is InChI=1S/C26H26FN5O5S/c27-21-3-2-20(26(5-6-26)38(29,34)35)19(13-28)23(21)37-17-1-4-22-18(11-17)24(33)32(15-31-22)16-12-25(36-14-16)7-9-30-10-8-25/h1-4,11,15-16,30H,5-10,12,14H2,(H2,29,34,35)/t16-/m1/s1. The van der Waals surface area contributed by atoms with Gasteiger partial charge in [-0.05, 0) is 75.0 Å². The number of nitrogens with two attached hydrogens (primary N) is 1. The Morgan fingerprint density at radius 3 is 2.66 bits per heavy atom. The minimum atomic E-state index is -4.03. The predicted molar refractivity (Wildman–Crippen MR) is 136 cm³/mol. The van der Waals surface area contributed by atoms with Crippen molar-refractivity contribution in [3.8, 4) is 17.6 Å². The number of sulfonamides is 1. The molecule has 38 heavy (non-hydrogen) atoms. The molecule has 3 fully saturated rings. The summed E-state index contributed by atoms with van der Waals surface area (Å²) in [4.78, 5) is 17.9. The smallest absolute Gasteiger partial charge is 0.261 e. The molecule has 0 radical (unpaired) electrons. The zero-order valence-electron chi connectivity index (χ0n) is 20.4. The van der Waals surface area contributed by atoms with Crippen LogP contribution in [0.4, 0.5) is 4.39 Å². The lowest BCUT2D eigenvalue weighted by Crippen LogP contribution is -2.41. The Morgan fingerprint density at radius 2 is 1.97 bits per heavy atom. The molecule has 1 saturated carbocycles. The number of nitrogens with one attached hydrogen (secondary N) is 1. The van der Waals surface area contributed by atoms with Gasteiger partial charge in [0.1, 0.15) is 22.1 Å². The number of aromatic nitrogens is 2. The van der Waals surface area contributed by atoms with Gasteiger partial charge in [-0.15, -0.1) is 0 Å². The second-order valence-electron chi connectivity index (χ2n) is 10.3. The number of fused-ring (bicyclic) bond motifs is 1. The molecule has 3 heterocycles. The van der Waals surface area contributed by atoms with E-state index in [9.17, 15) is 22.9 Å². The average molecular weight is 540 g/mol. The van der Waals surface area contributed by atoms with Gasteiger partial charge in [-0.25, -0.2) is 22.9 Å². The van der Waals surface area contributed by atoms with Crippen molar-refractivity contribution in [2.24, 2.45) is 5.14 Å². The molecule has 0 bridgehead atoms. The summed E-state index contributed by atoms with van der Waals surface area (Å²) in [5.41, 5.74) is -0.204. The molecule has 1 atom stereocenters. The van der Waals surface area contributed by atoms with Gasteiger partial charge in [0.15, 0.2) is 11.6 Å². The van der Waals surface area contributed by atoms with Crippen molar-refractivity contribution in [1.82, 2.24) is 14.9 Å². The summed E-state index contributed by atoms with van der Waals surface area (Å²) in [5, 5.41) is 18.9. The summed E-state index contributed by atoms with van der Waals surface area (Å²) >= 11 is 0. The van der Waals surface area contributed by atoms with E-state index in [1.165, 1.54) is 24.5 Å². The molecule has 10 nitrogen and oxygen atoms in total. The molecule has 12 heteroatoms. The van der Waals surface area contributed by atoms with Gasteiger partial charge < -0.3 is 14.8 Å². The van der Waals surface area contributed by atoms with Crippen LogP contribution in [-0.2, 0) is 19.5 Å². The Balaban J connectivity index is 1.36. The summed E-state index contributed by atoms with van der Waals surface area (Å²) in [5.74, 6) is -1.14. The first-order valence-corrected chi connectivity index (χ1v) is 14.0. The number of nitrogens with zero attached hydrogens (tertiary/aromatic N) is 3. The maximum atomic E-state index is 14.9. The zero-order chi connectivity index (χ0) is 26.7. The number of rotatable bonds is 5. The van der Waals surface area contributed by atoms with Crippen molar-refractivity contribution in [2.45, 2.75) is 48.5 Å². The van der Waals surface area contributed by atoms with Crippen molar-refractivity contribution in [2.75, 3.05) is 19.7 Å². The van der Waals surface area contributed by atoms with E-state index in [1.54, 1.807) is 10.6 Å². The van der Waals surface area contributed by atoms with E-state index in [0.717, 1.165) is 32.0 Å². The van der Waals surface area contributed by atoms with Gasteiger partial charge in [-0.2, -0.15) is 5.26 Å². The number of hydrogen-bond donors (Lipinski definition) is 2. The van der Waals surface area contributed by atoms with Crippen LogP contribution in [0.5, 0.6) is 11.5 Å². The van der Waals surface area contributed by atoms with E-state index >= 15 is 0 Å². The lowest BCUT2D eigenvalue weighted by Gasteiger charge is -2.32. The second kappa shape index (κ2) is 8.84. The molecule has 3 N–H and O–H groups in total. The maximum absolute atomic E-state index is 14.9. The van der Waals surface area contributed by atoms with Gasteiger partial charge in [0.05, 0.1) is 35.5 Å². The highest BCUT2D eigenvalue weighted by molar-refractivity contribution is 7.90. The van der Waals surface area contributed by atoms with Crippen LogP contribution in [-0.4, -0.2) is 43.3 Å². The Kier molecular flexibility index (Phi) is 5.80. The van der Waals surface area contributed by atoms with Crippen LogP contribution in [0, 0.1) is 17.1 Å². The minimum absolute atomic E-state index is 0.108. The molecule has 198 valence electrons. The third-order valence-electron chi connectivity index (χ3n) is 8.03. The summed E-state index contributed by atoms with van der Waals surface area (Å²) in [6, 6.07) is 8.60. The molecule has 3 aromatic rings. The van der Waals surface area contributed by atoms with E-state index in [2.05, 4.69) is 10.3 Å². The highest BCUT2D eigenvalue weighted by Gasteiger charge is 2.56. The van der Waals surface area contributed by atoms with Crippen LogP contribution in [0.1, 0.15) is 49.3 Å². The Bertz CT molecular complexity index is 1650. The quantitative estimate of drug-likeness (QED) is 0.502. The highest BCUT2D eigenvalue weighted by atomic mass is 32.2. The van der Waals surface area contributed by atoms with Crippen LogP contribution in [0.3, 0.4) is 0 Å². The number of halogens is 1. The van der Waals surface area contributed by atoms with Crippen molar-refractivity contribution in [3.63, 3.8) is 0 Å². The topological polar surface area (TPSA) is 149 Å². The SMILES string of the molecule is N#Cc1c(C2(S(N)(=O)=O)CC2)ccc(F)c1Oc1ccc2ncn([C@H]3COC4(CCNCC4)C3)c(=O)c2c1. The zero-order valence-corrected chi connectivity index (χ0v) is 21.3. The Hall–Kier alpha value is -3.37. The van der Waals surface area contributed by atoms with Crippen LogP contribution in [0.15, 0.2) is 41.5 Å². The third kappa shape index (κ3) is 3.97. The molecule has 1 spiro atoms. The number of ether oxygens (including phenoxy) is 2. The normalized spacial score (nSPS) is 21.9. The van der Waals surface area contributed by atoms with Gasteiger partial charge in [-0.1, -0.05) is 6.07 Å². The average Bonchev–Trinajstić information content (AvgIpc) is 3.63. The molecular formula is C26H26FN5O5S. The molecule has 3 aliphatic rings. The lowest BCUT2D eigenvalue weighted by atomic mass is 9.88. The lowest BCUT2D eigenvalue weighted by molar-refractivity contribution is -0.0196. The molecule has 1 aliphatic carbocycles. The maximum Gasteiger partial charge on any atom is 0.261 e. The monoisotopic (exact) mass is 539 g/mol. The van der Waals surface area contributed by atoms with Crippen molar-refractivity contribution in [1.29, 1.82) is 5.26 Å². The van der Waals surface area contributed by atoms with Gasteiger partial charge in [0.2, 0.25) is 10.0 Å².